The average Bonchev–Trinajstić information content (AvgIpc) is 2.41. The fourth-order valence-electron chi connectivity index (χ4n) is 1.63. The summed E-state index contributed by atoms with van der Waals surface area (Å²) in [7, 11) is 0. The van der Waals surface area contributed by atoms with E-state index in [1.807, 2.05) is 30.3 Å². The molecule has 112 valence electrons. The number of alkyl halides is 3. The van der Waals surface area contributed by atoms with Crippen molar-refractivity contribution in [2.75, 3.05) is 5.43 Å². The van der Waals surface area contributed by atoms with Crippen molar-refractivity contribution in [3.63, 3.8) is 0 Å². The first kappa shape index (κ1) is 15.7. The summed E-state index contributed by atoms with van der Waals surface area (Å²) in [6.45, 7) is 0.432. The summed E-state index contributed by atoms with van der Waals surface area (Å²) in [6.07, 6.45) is -4.69. The first-order valence-corrected chi connectivity index (χ1v) is 6.81. The molecule has 0 aliphatic rings. The molecule has 2 N–H and O–H groups in total. The first-order valence-electron chi connectivity index (χ1n) is 6.02. The Bertz CT molecular complexity index is 591. The van der Waals surface area contributed by atoms with Gasteiger partial charge < -0.3 is 10.2 Å². The van der Waals surface area contributed by atoms with Gasteiger partial charge in [0.1, 0.15) is 5.75 Å². The number of benzene rings is 2. The zero-order chi connectivity index (χ0) is 15.3. The number of ether oxygens (including phenoxy) is 1. The van der Waals surface area contributed by atoms with E-state index < -0.39 is 6.36 Å². The Kier molecular flexibility index (Phi) is 5.08. The zero-order valence-corrected chi connectivity index (χ0v) is 12.3. The Labute approximate surface area is 128 Å². The molecular formula is C14H12BrF3N2O. The van der Waals surface area contributed by atoms with Gasteiger partial charge in [0.15, 0.2) is 0 Å². The van der Waals surface area contributed by atoms with Gasteiger partial charge in [-0.3, -0.25) is 0 Å². The van der Waals surface area contributed by atoms with E-state index in [0.29, 0.717) is 11.0 Å². The van der Waals surface area contributed by atoms with E-state index in [0.717, 1.165) is 11.3 Å². The topological polar surface area (TPSA) is 33.3 Å². The highest BCUT2D eigenvalue weighted by Gasteiger charge is 2.31. The highest BCUT2D eigenvalue weighted by Crippen LogP contribution is 2.27. The van der Waals surface area contributed by atoms with Crippen molar-refractivity contribution in [3.8, 4) is 5.75 Å². The van der Waals surface area contributed by atoms with Crippen LogP contribution in [0.25, 0.3) is 0 Å². The van der Waals surface area contributed by atoms with Crippen LogP contribution >= 0.6 is 15.9 Å². The lowest BCUT2D eigenvalue weighted by Gasteiger charge is -2.12. The van der Waals surface area contributed by atoms with Crippen molar-refractivity contribution in [1.29, 1.82) is 0 Å². The third-order valence-electron chi connectivity index (χ3n) is 2.54. The monoisotopic (exact) mass is 360 g/mol. The van der Waals surface area contributed by atoms with E-state index in [2.05, 4.69) is 31.5 Å². The fourth-order valence-corrected chi connectivity index (χ4v) is 2.13. The first-order chi connectivity index (χ1) is 9.94. The predicted octanol–water partition coefficient (Wildman–Crippen LogP) is 4.46. The molecule has 0 spiro atoms. The summed E-state index contributed by atoms with van der Waals surface area (Å²) in [5.41, 5.74) is 7.67. The van der Waals surface area contributed by atoms with E-state index in [9.17, 15) is 13.2 Å². The fraction of sp³-hybridized carbons (Fsp3) is 0.143. The number of halogens is 4. The standard InChI is InChI=1S/C14H12BrF3N2O/c15-13-8-12(21-14(16,17)18)7-6-10(13)9-19-20-11-4-2-1-3-5-11/h1-8,19-20H,9H2. The molecular weight excluding hydrogens is 349 g/mol. The van der Waals surface area contributed by atoms with E-state index in [1.165, 1.54) is 12.1 Å². The molecule has 2 aromatic carbocycles. The maximum absolute atomic E-state index is 12.1. The summed E-state index contributed by atoms with van der Waals surface area (Å²) in [5.74, 6) is -0.255. The van der Waals surface area contributed by atoms with Crippen LogP contribution in [-0.4, -0.2) is 6.36 Å². The van der Waals surface area contributed by atoms with E-state index >= 15 is 0 Å². The summed E-state index contributed by atoms with van der Waals surface area (Å²) >= 11 is 3.23. The van der Waals surface area contributed by atoms with Crippen molar-refractivity contribution >= 4 is 21.6 Å². The minimum Gasteiger partial charge on any atom is -0.406 e. The normalized spacial score (nSPS) is 11.2. The van der Waals surface area contributed by atoms with Crippen LogP contribution < -0.4 is 15.6 Å². The highest BCUT2D eigenvalue weighted by molar-refractivity contribution is 9.10. The number of para-hydroxylation sites is 1. The highest BCUT2D eigenvalue weighted by atomic mass is 79.9. The summed E-state index contributed by atoms with van der Waals surface area (Å²) in [5, 5.41) is 0. The molecule has 21 heavy (non-hydrogen) atoms. The number of anilines is 1. The van der Waals surface area contributed by atoms with Crippen LogP contribution in [0.4, 0.5) is 18.9 Å². The van der Waals surface area contributed by atoms with Gasteiger partial charge in [-0.1, -0.05) is 40.2 Å². The zero-order valence-electron chi connectivity index (χ0n) is 10.7. The van der Waals surface area contributed by atoms with Gasteiger partial charge in [-0.05, 0) is 29.8 Å². The van der Waals surface area contributed by atoms with Crippen LogP contribution in [-0.2, 0) is 6.54 Å². The Balaban J connectivity index is 1.92. The van der Waals surface area contributed by atoms with Crippen LogP contribution in [0.3, 0.4) is 0 Å². The average molecular weight is 361 g/mol. The molecule has 0 radical (unpaired) electrons. The number of hydrogen-bond donors (Lipinski definition) is 2. The Hall–Kier alpha value is -1.73. The van der Waals surface area contributed by atoms with Crippen LogP contribution in [0, 0.1) is 0 Å². The van der Waals surface area contributed by atoms with Crippen LogP contribution in [0.5, 0.6) is 5.75 Å². The molecule has 0 heterocycles. The molecule has 0 saturated carbocycles. The second kappa shape index (κ2) is 6.82. The largest absolute Gasteiger partial charge is 0.573 e. The van der Waals surface area contributed by atoms with Crippen LogP contribution in [0.1, 0.15) is 5.56 Å². The minimum atomic E-state index is -4.69. The van der Waals surface area contributed by atoms with E-state index in [1.54, 1.807) is 6.07 Å². The minimum absolute atomic E-state index is 0.255. The van der Waals surface area contributed by atoms with Crippen molar-refractivity contribution < 1.29 is 17.9 Å². The Morgan fingerprint density at radius 3 is 2.38 bits per heavy atom. The molecule has 3 nitrogen and oxygen atoms in total. The quantitative estimate of drug-likeness (QED) is 0.772. The second-order valence-corrected chi connectivity index (χ2v) is 5.00. The van der Waals surface area contributed by atoms with Crippen LogP contribution in [0.2, 0.25) is 0 Å². The van der Waals surface area contributed by atoms with Crippen molar-refractivity contribution in [2.45, 2.75) is 12.9 Å². The number of nitrogens with one attached hydrogen (secondary N) is 2. The molecule has 0 bridgehead atoms. The smallest absolute Gasteiger partial charge is 0.406 e. The van der Waals surface area contributed by atoms with Gasteiger partial charge in [0.05, 0.1) is 0 Å². The Morgan fingerprint density at radius 2 is 1.76 bits per heavy atom. The maximum atomic E-state index is 12.1. The maximum Gasteiger partial charge on any atom is 0.573 e. The SMILES string of the molecule is FC(F)(F)Oc1ccc(CNNc2ccccc2)c(Br)c1. The predicted molar refractivity (Wildman–Crippen MR) is 77.7 cm³/mol. The molecule has 0 atom stereocenters. The van der Waals surface area contributed by atoms with Gasteiger partial charge in [0, 0.05) is 16.7 Å². The van der Waals surface area contributed by atoms with Gasteiger partial charge in [-0.2, -0.15) is 0 Å². The molecule has 0 aliphatic carbocycles. The van der Waals surface area contributed by atoms with E-state index in [-0.39, 0.29) is 5.75 Å². The van der Waals surface area contributed by atoms with Crippen LogP contribution in [0.15, 0.2) is 53.0 Å². The molecule has 0 fully saturated rings. The third-order valence-corrected chi connectivity index (χ3v) is 3.28. The molecule has 0 saturated heterocycles. The van der Waals surface area contributed by atoms with E-state index in [4.69, 9.17) is 0 Å². The number of hydrogen-bond acceptors (Lipinski definition) is 3. The van der Waals surface area contributed by atoms with Gasteiger partial charge in [0.2, 0.25) is 0 Å². The Morgan fingerprint density at radius 1 is 1.05 bits per heavy atom. The summed E-state index contributed by atoms with van der Waals surface area (Å²) in [4.78, 5) is 0. The summed E-state index contributed by atoms with van der Waals surface area (Å²) < 4.78 is 40.7. The lowest BCUT2D eigenvalue weighted by molar-refractivity contribution is -0.274. The number of hydrazine groups is 1. The lowest BCUT2D eigenvalue weighted by Crippen LogP contribution is -2.21. The van der Waals surface area contributed by atoms with Gasteiger partial charge in [-0.25, -0.2) is 5.43 Å². The molecule has 0 aliphatic heterocycles. The second-order valence-electron chi connectivity index (χ2n) is 4.15. The lowest BCUT2D eigenvalue weighted by atomic mass is 10.2. The van der Waals surface area contributed by atoms with Crippen molar-refractivity contribution in [2.24, 2.45) is 0 Å². The van der Waals surface area contributed by atoms with Gasteiger partial charge >= 0.3 is 6.36 Å². The molecule has 0 aromatic heterocycles. The van der Waals surface area contributed by atoms with Crippen molar-refractivity contribution in [3.05, 3.63) is 58.6 Å². The van der Waals surface area contributed by atoms with Gasteiger partial charge in [0.25, 0.3) is 0 Å². The summed E-state index contributed by atoms with van der Waals surface area (Å²) in [6, 6.07) is 13.6. The molecule has 0 amide bonds. The molecule has 2 aromatic rings. The van der Waals surface area contributed by atoms with Crippen molar-refractivity contribution in [1.82, 2.24) is 5.43 Å². The van der Waals surface area contributed by atoms with Gasteiger partial charge in [-0.15, -0.1) is 13.2 Å². The molecule has 2 rings (SSSR count). The molecule has 0 unspecified atom stereocenters. The number of rotatable bonds is 5. The third kappa shape index (κ3) is 5.28. The molecule has 7 heteroatoms.